The molecule has 0 aliphatic rings. The van der Waals surface area contributed by atoms with Gasteiger partial charge in [-0.1, -0.05) is 0 Å². The zero-order chi connectivity index (χ0) is 17.3. The van der Waals surface area contributed by atoms with Crippen LogP contribution in [0.4, 0.5) is 39.5 Å². The number of hydrogen-bond donors (Lipinski definition) is 0. The van der Waals surface area contributed by atoms with E-state index in [1.165, 1.54) is 0 Å². The van der Waals surface area contributed by atoms with Crippen LogP contribution in [0.1, 0.15) is 23.6 Å². The first-order valence-corrected chi connectivity index (χ1v) is 5.51. The van der Waals surface area contributed by atoms with Crippen molar-refractivity contribution in [3.8, 4) is 0 Å². The SMILES string of the molecule is CC(=C=CC(F)(F)F)c1cc(C(F)(F)F)cc(C(F)(F)F)c1. The normalized spacial score (nSPS) is 12.8. The highest BCUT2D eigenvalue weighted by Crippen LogP contribution is 2.37. The van der Waals surface area contributed by atoms with Crippen LogP contribution in [0.15, 0.2) is 30.0 Å². The van der Waals surface area contributed by atoms with E-state index in [1.807, 2.05) is 0 Å². The van der Waals surface area contributed by atoms with Gasteiger partial charge in [-0.3, -0.25) is 0 Å². The Balaban J connectivity index is 3.52. The summed E-state index contributed by atoms with van der Waals surface area (Å²) in [6, 6.07) is 0.563. The van der Waals surface area contributed by atoms with E-state index < -0.39 is 46.9 Å². The standard InChI is InChI=1S/C13H7F9/c1-7(2-3-11(14,15)16)8-4-9(12(17,18)19)6-10(5-8)13(20,21)22/h3-6H,1H3. The molecule has 1 aromatic carbocycles. The Morgan fingerprint density at radius 3 is 1.55 bits per heavy atom. The van der Waals surface area contributed by atoms with Crippen LogP contribution in [0.25, 0.3) is 5.57 Å². The molecule has 0 heterocycles. The van der Waals surface area contributed by atoms with Gasteiger partial charge in [-0.2, -0.15) is 39.5 Å². The second-order valence-electron chi connectivity index (χ2n) is 4.25. The lowest BCUT2D eigenvalue weighted by Gasteiger charge is -2.14. The largest absolute Gasteiger partial charge is 0.416 e. The maximum absolute atomic E-state index is 12.6. The van der Waals surface area contributed by atoms with E-state index in [0.717, 1.165) is 6.92 Å². The number of halogens is 9. The molecule has 1 aromatic rings. The van der Waals surface area contributed by atoms with E-state index in [0.29, 0.717) is 12.1 Å². The number of allylic oxidation sites excluding steroid dienone is 1. The average Bonchev–Trinajstić information content (AvgIpc) is 2.32. The highest BCUT2D eigenvalue weighted by atomic mass is 19.4. The molecule has 122 valence electrons. The summed E-state index contributed by atoms with van der Waals surface area (Å²) < 4.78 is 111. The molecule has 0 saturated carbocycles. The second-order valence-corrected chi connectivity index (χ2v) is 4.25. The van der Waals surface area contributed by atoms with Crippen LogP contribution in [-0.2, 0) is 12.4 Å². The molecule has 0 fully saturated rings. The van der Waals surface area contributed by atoms with Crippen molar-refractivity contribution in [3.63, 3.8) is 0 Å². The summed E-state index contributed by atoms with van der Waals surface area (Å²) >= 11 is 0. The predicted molar refractivity (Wildman–Crippen MR) is 59.7 cm³/mol. The monoisotopic (exact) mass is 334 g/mol. The summed E-state index contributed by atoms with van der Waals surface area (Å²) in [6.07, 6.45) is -15.3. The number of rotatable bonds is 1. The predicted octanol–water partition coefficient (Wildman–Crippen LogP) is 5.84. The van der Waals surface area contributed by atoms with E-state index in [-0.39, 0.29) is 6.07 Å². The summed E-state index contributed by atoms with van der Waals surface area (Å²) in [5.41, 5.74) is -2.74. The summed E-state index contributed by atoms with van der Waals surface area (Å²) in [5, 5.41) is 0. The minimum atomic E-state index is -5.07. The molecule has 0 radical (unpaired) electrons. The van der Waals surface area contributed by atoms with Gasteiger partial charge in [0.2, 0.25) is 0 Å². The Morgan fingerprint density at radius 2 is 1.23 bits per heavy atom. The van der Waals surface area contributed by atoms with Gasteiger partial charge >= 0.3 is 18.5 Å². The van der Waals surface area contributed by atoms with E-state index in [9.17, 15) is 39.5 Å². The van der Waals surface area contributed by atoms with Crippen molar-refractivity contribution < 1.29 is 39.5 Å². The van der Waals surface area contributed by atoms with Crippen molar-refractivity contribution in [1.82, 2.24) is 0 Å². The average molecular weight is 334 g/mol. The third-order valence-electron chi connectivity index (χ3n) is 2.47. The fourth-order valence-electron chi connectivity index (χ4n) is 1.44. The molecular weight excluding hydrogens is 327 g/mol. The third-order valence-corrected chi connectivity index (χ3v) is 2.47. The lowest BCUT2D eigenvalue weighted by molar-refractivity contribution is -0.143. The first-order valence-electron chi connectivity index (χ1n) is 5.51. The van der Waals surface area contributed by atoms with Crippen molar-refractivity contribution in [2.75, 3.05) is 0 Å². The van der Waals surface area contributed by atoms with Gasteiger partial charge < -0.3 is 0 Å². The zero-order valence-electron chi connectivity index (χ0n) is 10.7. The molecule has 0 saturated heterocycles. The van der Waals surface area contributed by atoms with Crippen LogP contribution in [0.5, 0.6) is 0 Å². The van der Waals surface area contributed by atoms with Crippen molar-refractivity contribution >= 4 is 5.57 Å². The smallest absolute Gasteiger partial charge is 0.166 e. The van der Waals surface area contributed by atoms with Gasteiger partial charge in [0.05, 0.1) is 17.2 Å². The maximum Gasteiger partial charge on any atom is 0.416 e. The van der Waals surface area contributed by atoms with Crippen molar-refractivity contribution in [1.29, 1.82) is 0 Å². The van der Waals surface area contributed by atoms with E-state index in [4.69, 9.17) is 0 Å². The summed E-state index contributed by atoms with van der Waals surface area (Å²) in [7, 11) is 0. The van der Waals surface area contributed by atoms with Crippen LogP contribution >= 0.6 is 0 Å². The second kappa shape index (κ2) is 5.72. The molecule has 1 rings (SSSR count). The summed E-state index contributed by atoms with van der Waals surface area (Å²) in [5.74, 6) is 0. The third kappa shape index (κ3) is 5.14. The summed E-state index contributed by atoms with van der Waals surface area (Å²) in [4.78, 5) is 0. The molecular formula is C13H7F9. The van der Waals surface area contributed by atoms with Crippen LogP contribution in [0.2, 0.25) is 0 Å². The zero-order valence-corrected chi connectivity index (χ0v) is 10.7. The summed E-state index contributed by atoms with van der Waals surface area (Å²) in [6.45, 7) is 0.928. The first-order chi connectivity index (χ1) is 9.70. The molecule has 0 unspecified atom stereocenters. The van der Waals surface area contributed by atoms with Crippen molar-refractivity contribution in [2.45, 2.75) is 25.5 Å². The van der Waals surface area contributed by atoms with Gasteiger partial charge in [0.15, 0.2) is 0 Å². The minimum absolute atomic E-state index is 0.107. The molecule has 0 spiro atoms. The van der Waals surface area contributed by atoms with Crippen LogP contribution < -0.4 is 0 Å². The molecule has 0 N–H and O–H groups in total. The number of benzene rings is 1. The highest BCUT2D eigenvalue weighted by molar-refractivity contribution is 5.65. The van der Waals surface area contributed by atoms with Crippen LogP contribution in [0.3, 0.4) is 0 Å². The van der Waals surface area contributed by atoms with Crippen LogP contribution in [0, 0.1) is 0 Å². The molecule has 0 bridgehead atoms. The van der Waals surface area contributed by atoms with Crippen molar-refractivity contribution in [2.24, 2.45) is 0 Å². The van der Waals surface area contributed by atoms with Gasteiger partial charge in [-0.05, 0) is 36.3 Å². The number of alkyl halides is 9. The van der Waals surface area contributed by atoms with Gasteiger partial charge in [-0.15, -0.1) is 5.73 Å². The topological polar surface area (TPSA) is 0 Å². The molecule has 22 heavy (non-hydrogen) atoms. The molecule has 0 aliphatic carbocycles. The van der Waals surface area contributed by atoms with Gasteiger partial charge in [0, 0.05) is 0 Å². The Labute approximate surface area is 118 Å². The Bertz CT molecular complexity index is 576. The fourth-order valence-corrected chi connectivity index (χ4v) is 1.44. The first kappa shape index (κ1) is 18.2. The molecule has 0 nitrogen and oxygen atoms in total. The highest BCUT2D eigenvalue weighted by Gasteiger charge is 2.37. The van der Waals surface area contributed by atoms with Crippen molar-refractivity contribution in [3.05, 3.63) is 46.7 Å². The molecule has 0 aromatic heterocycles. The quantitative estimate of drug-likeness (QED) is 0.447. The van der Waals surface area contributed by atoms with Crippen LogP contribution in [-0.4, -0.2) is 6.18 Å². The lowest BCUT2D eigenvalue weighted by Crippen LogP contribution is -2.11. The number of hydrogen-bond acceptors (Lipinski definition) is 0. The fraction of sp³-hybridized carbons (Fsp3) is 0.308. The molecule has 0 atom stereocenters. The van der Waals surface area contributed by atoms with E-state index in [1.54, 1.807) is 5.73 Å². The van der Waals surface area contributed by atoms with Gasteiger partial charge in [0.25, 0.3) is 0 Å². The minimum Gasteiger partial charge on any atom is -0.166 e. The maximum atomic E-state index is 12.6. The Hall–Kier alpha value is -1.89. The lowest BCUT2D eigenvalue weighted by atomic mass is 10.0. The molecule has 0 amide bonds. The van der Waals surface area contributed by atoms with Gasteiger partial charge in [0.1, 0.15) is 0 Å². The Morgan fingerprint density at radius 1 is 0.818 bits per heavy atom. The van der Waals surface area contributed by atoms with Gasteiger partial charge in [-0.25, -0.2) is 0 Å². The van der Waals surface area contributed by atoms with E-state index in [2.05, 4.69) is 0 Å². The molecule has 0 aliphatic heterocycles. The molecule has 9 heteroatoms. The Kier molecular flexibility index (Phi) is 4.72. The van der Waals surface area contributed by atoms with E-state index >= 15 is 0 Å².